The summed E-state index contributed by atoms with van der Waals surface area (Å²) in [4.78, 5) is 8.92. The van der Waals surface area contributed by atoms with Gasteiger partial charge >= 0.3 is 0 Å². The smallest absolute Gasteiger partial charge is 0.191 e. The zero-order chi connectivity index (χ0) is 14.9. The molecule has 0 fully saturated rings. The second kappa shape index (κ2) is 8.51. The van der Waals surface area contributed by atoms with Crippen molar-refractivity contribution in [3.63, 3.8) is 0 Å². The Morgan fingerprint density at radius 1 is 1.19 bits per heavy atom. The molecule has 0 aliphatic carbocycles. The number of rotatable bonds is 9. The van der Waals surface area contributed by atoms with Crippen LogP contribution >= 0.6 is 11.8 Å². The predicted molar refractivity (Wildman–Crippen MR) is 87.9 cm³/mol. The predicted octanol–water partition coefficient (Wildman–Crippen LogP) is 2.72. The Kier molecular flexibility index (Phi) is 6.33. The van der Waals surface area contributed by atoms with E-state index in [2.05, 4.69) is 32.6 Å². The van der Waals surface area contributed by atoms with Crippen LogP contribution in [0.15, 0.2) is 29.7 Å². The van der Waals surface area contributed by atoms with Crippen molar-refractivity contribution in [2.24, 2.45) is 0 Å². The van der Waals surface area contributed by atoms with Gasteiger partial charge in [-0.25, -0.2) is 9.97 Å². The Hall–Kier alpha value is -1.76. The van der Waals surface area contributed by atoms with Crippen LogP contribution < -0.4 is 10.6 Å². The number of thioether (sulfide) groups is 1. The topological polar surface area (TPSA) is 67.7 Å². The average molecular weight is 306 g/mol. The minimum atomic E-state index is 0.783. The van der Waals surface area contributed by atoms with Gasteiger partial charge in [-0.3, -0.25) is 4.68 Å². The maximum absolute atomic E-state index is 4.47. The molecule has 2 aromatic rings. The van der Waals surface area contributed by atoms with Crippen molar-refractivity contribution < 1.29 is 0 Å². The molecular weight excluding hydrogens is 284 g/mol. The van der Waals surface area contributed by atoms with E-state index < -0.39 is 0 Å². The van der Waals surface area contributed by atoms with Crippen LogP contribution in [0.2, 0.25) is 0 Å². The largest absolute Gasteiger partial charge is 0.370 e. The molecule has 0 spiro atoms. The molecule has 114 valence electrons. The maximum atomic E-state index is 4.47. The van der Waals surface area contributed by atoms with Crippen LogP contribution in [-0.2, 0) is 6.54 Å². The molecule has 0 amide bonds. The monoisotopic (exact) mass is 306 g/mol. The van der Waals surface area contributed by atoms with E-state index in [0.717, 1.165) is 49.3 Å². The Bertz CT molecular complexity index is 528. The molecule has 21 heavy (non-hydrogen) atoms. The van der Waals surface area contributed by atoms with Crippen molar-refractivity contribution in [2.75, 3.05) is 30.0 Å². The number of hydrogen-bond donors (Lipinski definition) is 2. The zero-order valence-corrected chi connectivity index (χ0v) is 13.4. The molecule has 6 nitrogen and oxygen atoms in total. The van der Waals surface area contributed by atoms with Gasteiger partial charge in [-0.05, 0) is 25.2 Å². The molecule has 0 radical (unpaired) electrons. The van der Waals surface area contributed by atoms with E-state index in [9.17, 15) is 0 Å². The van der Waals surface area contributed by atoms with Gasteiger partial charge in [0.2, 0.25) is 0 Å². The van der Waals surface area contributed by atoms with Gasteiger partial charge < -0.3 is 10.6 Å². The van der Waals surface area contributed by atoms with E-state index in [4.69, 9.17) is 0 Å². The van der Waals surface area contributed by atoms with E-state index in [1.165, 1.54) is 0 Å². The lowest BCUT2D eigenvalue weighted by Crippen LogP contribution is -2.10. The quantitative estimate of drug-likeness (QED) is 0.422. The van der Waals surface area contributed by atoms with E-state index in [1.54, 1.807) is 18.0 Å². The molecular formula is C14H22N6S. The summed E-state index contributed by atoms with van der Waals surface area (Å²) in [7, 11) is 0. The van der Waals surface area contributed by atoms with Crippen molar-refractivity contribution in [1.82, 2.24) is 19.7 Å². The van der Waals surface area contributed by atoms with Gasteiger partial charge in [0.05, 0.1) is 0 Å². The van der Waals surface area contributed by atoms with Crippen molar-refractivity contribution in [3.05, 3.63) is 24.5 Å². The van der Waals surface area contributed by atoms with Crippen LogP contribution in [0.25, 0.3) is 0 Å². The molecule has 0 unspecified atom stereocenters. The first-order chi connectivity index (χ1) is 10.3. The van der Waals surface area contributed by atoms with Gasteiger partial charge in [-0.2, -0.15) is 5.10 Å². The van der Waals surface area contributed by atoms with Crippen LogP contribution in [0.3, 0.4) is 0 Å². The van der Waals surface area contributed by atoms with Gasteiger partial charge in [0, 0.05) is 38.1 Å². The second-order valence-corrected chi connectivity index (χ2v) is 5.37. The van der Waals surface area contributed by atoms with Crippen molar-refractivity contribution in [3.8, 4) is 0 Å². The minimum absolute atomic E-state index is 0.783. The molecule has 0 bridgehead atoms. The zero-order valence-electron chi connectivity index (χ0n) is 12.5. The van der Waals surface area contributed by atoms with Crippen molar-refractivity contribution in [2.45, 2.75) is 31.5 Å². The highest BCUT2D eigenvalue weighted by Gasteiger charge is 2.03. The normalized spacial score (nSPS) is 10.6. The summed E-state index contributed by atoms with van der Waals surface area (Å²) in [6, 6.07) is 3.90. The SMILES string of the molecule is CCCNc1cc(NCCCn2cccn2)nc(SC)n1. The van der Waals surface area contributed by atoms with Gasteiger partial charge in [-0.1, -0.05) is 18.7 Å². The average Bonchev–Trinajstić information content (AvgIpc) is 3.02. The van der Waals surface area contributed by atoms with Crippen LogP contribution in [-0.4, -0.2) is 39.1 Å². The fourth-order valence-corrected chi connectivity index (χ4v) is 2.22. The highest BCUT2D eigenvalue weighted by atomic mass is 32.2. The van der Waals surface area contributed by atoms with Crippen LogP contribution in [0.1, 0.15) is 19.8 Å². The fourth-order valence-electron chi connectivity index (χ4n) is 1.84. The molecule has 0 atom stereocenters. The molecule has 0 saturated carbocycles. The highest BCUT2D eigenvalue weighted by Crippen LogP contribution is 2.17. The first kappa shape index (κ1) is 15.6. The summed E-state index contributed by atoms with van der Waals surface area (Å²) < 4.78 is 1.93. The van der Waals surface area contributed by atoms with E-state index in [-0.39, 0.29) is 0 Å². The third kappa shape index (κ3) is 5.26. The number of nitrogens with one attached hydrogen (secondary N) is 2. The molecule has 2 rings (SSSR count). The Labute approximate surface area is 129 Å². The summed E-state index contributed by atoms with van der Waals surface area (Å²) >= 11 is 1.55. The van der Waals surface area contributed by atoms with Crippen LogP contribution in [0.4, 0.5) is 11.6 Å². The standard InChI is InChI=1S/C14H22N6S/c1-3-6-15-12-11-13(19-14(18-12)21-2)16-7-4-9-20-10-5-8-17-20/h5,8,10-11H,3-4,6-7,9H2,1-2H3,(H2,15,16,18,19). The number of hydrogen-bond acceptors (Lipinski definition) is 6. The molecule has 0 aromatic carbocycles. The lowest BCUT2D eigenvalue weighted by molar-refractivity contribution is 0.591. The van der Waals surface area contributed by atoms with Gasteiger partial charge in [0.15, 0.2) is 5.16 Å². The molecule has 2 N–H and O–H groups in total. The number of aryl methyl sites for hydroxylation is 1. The summed E-state index contributed by atoms with van der Waals surface area (Å²) in [6.45, 7) is 4.82. The summed E-state index contributed by atoms with van der Waals surface area (Å²) in [5.41, 5.74) is 0. The number of anilines is 2. The minimum Gasteiger partial charge on any atom is -0.370 e. The van der Waals surface area contributed by atoms with Gasteiger partial charge in [0.25, 0.3) is 0 Å². The van der Waals surface area contributed by atoms with Crippen LogP contribution in [0.5, 0.6) is 0 Å². The number of nitrogens with zero attached hydrogens (tertiary/aromatic N) is 4. The first-order valence-electron chi connectivity index (χ1n) is 7.20. The first-order valence-corrected chi connectivity index (χ1v) is 8.42. The Balaban J connectivity index is 1.85. The van der Waals surface area contributed by atoms with E-state index >= 15 is 0 Å². The second-order valence-electron chi connectivity index (χ2n) is 4.60. The van der Waals surface area contributed by atoms with E-state index in [0.29, 0.717) is 0 Å². The number of aromatic nitrogens is 4. The van der Waals surface area contributed by atoms with Gasteiger partial charge in [0.1, 0.15) is 11.6 Å². The van der Waals surface area contributed by atoms with Crippen molar-refractivity contribution >= 4 is 23.4 Å². The summed E-state index contributed by atoms with van der Waals surface area (Å²) in [5, 5.41) is 11.6. The molecule has 0 saturated heterocycles. The van der Waals surface area contributed by atoms with E-state index in [1.807, 2.05) is 29.3 Å². The lowest BCUT2D eigenvalue weighted by atomic mass is 10.4. The third-order valence-corrected chi connectivity index (χ3v) is 3.42. The lowest BCUT2D eigenvalue weighted by Gasteiger charge is -2.10. The Morgan fingerprint density at radius 3 is 2.57 bits per heavy atom. The van der Waals surface area contributed by atoms with Gasteiger partial charge in [-0.15, -0.1) is 0 Å². The summed E-state index contributed by atoms with van der Waals surface area (Å²) in [6.07, 6.45) is 7.83. The molecule has 2 heterocycles. The molecule has 2 aromatic heterocycles. The van der Waals surface area contributed by atoms with Crippen LogP contribution in [0, 0.1) is 0 Å². The highest BCUT2D eigenvalue weighted by molar-refractivity contribution is 7.98. The van der Waals surface area contributed by atoms with Crippen molar-refractivity contribution in [1.29, 1.82) is 0 Å². The summed E-state index contributed by atoms with van der Waals surface area (Å²) in [5.74, 6) is 1.75. The molecule has 0 aliphatic rings. The molecule has 0 aliphatic heterocycles. The Morgan fingerprint density at radius 2 is 1.95 bits per heavy atom. The fraction of sp³-hybridized carbons (Fsp3) is 0.500. The maximum Gasteiger partial charge on any atom is 0.191 e. The third-order valence-electron chi connectivity index (χ3n) is 2.87. The molecule has 7 heteroatoms.